The van der Waals surface area contributed by atoms with Crippen molar-refractivity contribution in [3.05, 3.63) is 0 Å². The monoisotopic (exact) mass is 272 g/mol. The maximum Gasteiger partial charge on any atom is 0.322 e. The minimum absolute atomic E-state index is 0.446. The molecule has 1 atom stereocenters. The largest absolute Gasteiger partial charge is 0.480 e. The lowest BCUT2D eigenvalue weighted by Crippen LogP contribution is -2.53. The second-order valence-electron chi connectivity index (χ2n) is 5.39. The molecule has 112 valence electrons. The Morgan fingerprint density at radius 1 is 1.26 bits per heavy atom. The zero-order chi connectivity index (χ0) is 14.3. The normalized spacial score (nSPS) is 19.8. The Hall–Kier alpha value is -0.690. The molecule has 2 N–H and O–H groups in total. The summed E-state index contributed by atoms with van der Waals surface area (Å²) in [5, 5.41) is 12.1. The third kappa shape index (κ3) is 6.33. The van der Waals surface area contributed by atoms with Crippen LogP contribution >= 0.6 is 0 Å². The van der Waals surface area contributed by atoms with Crippen LogP contribution in [0.15, 0.2) is 0 Å². The van der Waals surface area contributed by atoms with E-state index in [4.69, 9.17) is 5.11 Å². The lowest BCUT2D eigenvalue weighted by Gasteiger charge is -2.36. The number of hydrogen-bond acceptors (Lipinski definition) is 5. The molecule has 0 amide bonds. The molecule has 0 radical (unpaired) electrons. The predicted octanol–water partition coefficient (Wildman–Crippen LogP) is -0.772. The number of carbonyl (C=O) groups is 1. The number of hydrogen-bond donors (Lipinski definition) is 2. The van der Waals surface area contributed by atoms with Gasteiger partial charge in [-0.1, -0.05) is 6.92 Å². The van der Waals surface area contributed by atoms with Gasteiger partial charge in [-0.15, -0.1) is 0 Å². The first-order valence-electron chi connectivity index (χ1n) is 7.08. The summed E-state index contributed by atoms with van der Waals surface area (Å²) in [5.74, 6) is -0.753. The molecule has 19 heavy (non-hydrogen) atoms. The van der Waals surface area contributed by atoms with E-state index >= 15 is 0 Å². The van der Waals surface area contributed by atoms with Gasteiger partial charge in [0.25, 0.3) is 0 Å². The van der Waals surface area contributed by atoms with Crippen molar-refractivity contribution in [2.75, 3.05) is 66.5 Å². The number of nitrogens with one attached hydrogen (secondary N) is 1. The number of carboxylic acids is 1. The van der Waals surface area contributed by atoms with E-state index in [2.05, 4.69) is 34.1 Å². The summed E-state index contributed by atoms with van der Waals surface area (Å²) in [6.45, 7) is 9.40. The molecule has 0 aromatic heterocycles. The number of nitrogens with zero attached hydrogens (tertiary/aromatic N) is 3. The molecule has 1 heterocycles. The molecule has 0 aromatic rings. The highest BCUT2D eigenvalue weighted by Gasteiger charge is 2.23. The average Bonchev–Trinajstić information content (AvgIpc) is 2.37. The van der Waals surface area contributed by atoms with E-state index in [1.165, 1.54) is 0 Å². The molecule has 0 aliphatic carbocycles. The Labute approximate surface area is 116 Å². The van der Waals surface area contributed by atoms with Crippen LogP contribution in [0.2, 0.25) is 0 Å². The first-order valence-corrected chi connectivity index (χ1v) is 7.08. The second kappa shape index (κ2) is 8.47. The van der Waals surface area contributed by atoms with Gasteiger partial charge in [-0.2, -0.15) is 0 Å². The molecule has 1 unspecified atom stereocenters. The molecule has 1 rings (SSSR count). The van der Waals surface area contributed by atoms with Gasteiger partial charge in [0.1, 0.15) is 6.04 Å². The van der Waals surface area contributed by atoms with Crippen molar-refractivity contribution in [1.29, 1.82) is 0 Å². The molecule has 0 spiro atoms. The fraction of sp³-hybridized carbons (Fsp3) is 0.923. The summed E-state index contributed by atoms with van der Waals surface area (Å²) in [7, 11) is 4.17. The van der Waals surface area contributed by atoms with Crippen LogP contribution in [-0.4, -0.2) is 98.3 Å². The van der Waals surface area contributed by atoms with Gasteiger partial charge < -0.3 is 15.3 Å². The SMILES string of the molecule is CCNC(CN1CCN(CCN(C)C)CC1)C(=O)O. The lowest BCUT2D eigenvalue weighted by atomic mass is 10.2. The highest BCUT2D eigenvalue weighted by Crippen LogP contribution is 2.03. The van der Waals surface area contributed by atoms with Gasteiger partial charge in [0.2, 0.25) is 0 Å². The number of carboxylic acid groups (broad SMARTS) is 1. The molecule has 1 fully saturated rings. The first kappa shape index (κ1) is 16.4. The third-order valence-electron chi connectivity index (χ3n) is 3.52. The Morgan fingerprint density at radius 2 is 1.84 bits per heavy atom. The van der Waals surface area contributed by atoms with Crippen LogP contribution in [0.4, 0.5) is 0 Å². The molecule has 0 bridgehead atoms. The second-order valence-corrected chi connectivity index (χ2v) is 5.39. The molecule has 6 heteroatoms. The Morgan fingerprint density at radius 3 is 2.32 bits per heavy atom. The van der Waals surface area contributed by atoms with Crippen molar-refractivity contribution in [1.82, 2.24) is 20.0 Å². The van der Waals surface area contributed by atoms with E-state index in [-0.39, 0.29) is 0 Å². The molecular weight excluding hydrogens is 244 g/mol. The van der Waals surface area contributed by atoms with Gasteiger partial charge in [0.15, 0.2) is 0 Å². The predicted molar refractivity (Wildman–Crippen MR) is 76.5 cm³/mol. The number of rotatable bonds is 8. The van der Waals surface area contributed by atoms with Crippen LogP contribution in [0.25, 0.3) is 0 Å². The van der Waals surface area contributed by atoms with Gasteiger partial charge in [-0.25, -0.2) is 0 Å². The molecule has 0 aromatic carbocycles. The lowest BCUT2D eigenvalue weighted by molar-refractivity contribution is -0.140. The standard InChI is InChI=1S/C13H28N4O2/c1-4-14-12(13(18)19)11-17-9-7-16(8-10-17)6-5-15(2)3/h12,14H,4-11H2,1-3H3,(H,18,19). The van der Waals surface area contributed by atoms with Crippen molar-refractivity contribution in [2.24, 2.45) is 0 Å². The Kier molecular flexibility index (Phi) is 7.30. The molecular formula is C13H28N4O2. The molecule has 0 saturated carbocycles. The maximum atomic E-state index is 11.1. The summed E-state index contributed by atoms with van der Waals surface area (Å²) in [6.07, 6.45) is 0. The van der Waals surface area contributed by atoms with E-state index in [0.29, 0.717) is 13.1 Å². The van der Waals surface area contributed by atoms with Gasteiger partial charge in [0.05, 0.1) is 0 Å². The van der Waals surface area contributed by atoms with Crippen molar-refractivity contribution < 1.29 is 9.90 Å². The van der Waals surface area contributed by atoms with Gasteiger partial charge in [-0.05, 0) is 20.6 Å². The fourth-order valence-corrected chi connectivity index (χ4v) is 2.27. The van der Waals surface area contributed by atoms with E-state index in [0.717, 1.165) is 39.3 Å². The third-order valence-corrected chi connectivity index (χ3v) is 3.52. The zero-order valence-corrected chi connectivity index (χ0v) is 12.4. The maximum absolute atomic E-state index is 11.1. The van der Waals surface area contributed by atoms with Crippen LogP contribution in [-0.2, 0) is 4.79 Å². The van der Waals surface area contributed by atoms with Crippen molar-refractivity contribution >= 4 is 5.97 Å². The van der Waals surface area contributed by atoms with Crippen LogP contribution in [0, 0.1) is 0 Å². The summed E-state index contributed by atoms with van der Waals surface area (Å²) in [5.41, 5.74) is 0. The highest BCUT2D eigenvalue weighted by molar-refractivity contribution is 5.73. The summed E-state index contributed by atoms with van der Waals surface area (Å²) in [4.78, 5) is 18.0. The van der Waals surface area contributed by atoms with Crippen molar-refractivity contribution in [3.8, 4) is 0 Å². The quantitative estimate of drug-likeness (QED) is 0.605. The minimum atomic E-state index is -0.753. The molecule has 6 nitrogen and oxygen atoms in total. The van der Waals surface area contributed by atoms with Crippen LogP contribution in [0.5, 0.6) is 0 Å². The molecule has 1 aliphatic heterocycles. The fourth-order valence-electron chi connectivity index (χ4n) is 2.27. The van der Waals surface area contributed by atoms with Crippen LogP contribution in [0.3, 0.4) is 0 Å². The van der Waals surface area contributed by atoms with E-state index in [1.807, 2.05) is 6.92 Å². The number of piperazine rings is 1. The summed E-state index contributed by atoms with van der Waals surface area (Å²) >= 11 is 0. The van der Waals surface area contributed by atoms with Gasteiger partial charge in [0, 0.05) is 45.8 Å². The topological polar surface area (TPSA) is 59.0 Å². The smallest absolute Gasteiger partial charge is 0.322 e. The molecule has 1 aliphatic rings. The average molecular weight is 272 g/mol. The summed E-state index contributed by atoms with van der Waals surface area (Å²) in [6, 6.07) is -0.446. The van der Waals surface area contributed by atoms with Crippen LogP contribution in [0.1, 0.15) is 6.92 Å². The van der Waals surface area contributed by atoms with E-state index < -0.39 is 12.0 Å². The Bertz CT molecular complexity index is 265. The number of likely N-dealkylation sites (N-methyl/N-ethyl adjacent to an activating group) is 2. The van der Waals surface area contributed by atoms with Crippen molar-refractivity contribution in [2.45, 2.75) is 13.0 Å². The van der Waals surface area contributed by atoms with Crippen molar-refractivity contribution in [3.63, 3.8) is 0 Å². The van der Waals surface area contributed by atoms with Gasteiger partial charge in [-0.3, -0.25) is 14.6 Å². The first-order chi connectivity index (χ1) is 9.02. The summed E-state index contributed by atoms with van der Waals surface area (Å²) < 4.78 is 0. The zero-order valence-electron chi connectivity index (χ0n) is 12.4. The van der Waals surface area contributed by atoms with Crippen LogP contribution < -0.4 is 5.32 Å². The van der Waals surface area contributed by atoms with E-state index in [9.17, 15) is 4.79 Å². The number of aliphatic carboxylic acids is 1. The Balaban J connectivity index is 2.27. The van der Waals surface area contributed by atoms with Gasteiger partial charge >= 0.3 is 5.97 Å². The minimum Gasteiger partial charge on any atom is -0.480 e. The highest BCUT2D eigenvalue weighted by atomic mass is 16.4. The molecule has 1 saturated heterocycles. The van der Waals surface area contributed by atoms with E-state index in [1.54, 1.807) is 0 Å².